The monoisotopic (exact) mass is 369 g/mol. The SMILES string of the molecule is Cl.Cl.Cn1c(CN2C[C@@H](N)[C@H](c3ccccc3)C2)nnc1C1CC1. The van der Waals surface area contributed by atoms with Gasteiger partial charge in [-0.1, -0.05) is 30.3 Å². The van der Waals surface area contributed by atoms with E-state index < -0.39 is 0 Å². The summed E-state index contributed by atoms with van der Waals surface area (Å²) in [5.41, 5.74) is 7.71. The van der Waals surface area contributed by atoms with Crippen LogP contribution in [0, 0.1) is 0 Å². The van der Waals surface area contributed by atoms with Crippen LogP contribution in [0.5, 0.6) is 0 Å². The molecule has 1 aromatic heterocycles. The van der Waals surface area contributed by atoms with E-state index in [-0.39, 0.29) is 30.9 Å². The number of benzene rings is 1. The van der Waals surface area contributed by atoms with Crippen molar-refractivity contribution in [2.24, 2.45) is 12.8 Å². The molecule has 4 rings (SSSR count). The van der Waals surface area contributed by atoms with Gasteiger partial charge in [0.15, 0.2) is 0 Å². The summed E-state index contributed by atoms with van der Waals surface area (Å²) >= 11 is 0. The molecule has 0 unspecified atom stereocenters. The standard InChI is InChI=1S/C17H23N5.2ClH/c1-21-16(19-20-17(21)13-7-8-13)11-22-9-14(15(18)10-22)12-5-3-2-4-6-12;;/h2-6,13-15H,7-11,18H2,1H3;2*1H/t14-,15+;;/m0../s1. The summed E-state index contributed by atoms with van der Waals surface area (Å²) < 4.78 is 2.18. The lowest BCUT2D eigenvalue weighted by Gasteiger charge is -2.15. The summed E-state index contributed by atoms with van der Waals surface area (Å²) in [6.45, 7) is 2.76. The van der Waals surface area contributed by atoms with E-state index in [0.29, 0.717) is 11.8 Å². The Hall–Kier alpha value is -1.14. The van der Waals surface area contributed by atoms with Gasteiger partial charge in [0.05, 0.1) is 6.54 Å². The van der Waals surface area contributed by atoms with E-state index in [1.165, 1.54) is 18.4 Å². The number of nitrogens with two attached hydrogens (primary N) is 1. The minimum Gasteiger partial charge on any atom is -0.326 e. The Bertz CT molecular complexity index is 656. The Morgan fingerprint density at radius 2 is 1.79 bits per heavy atom. The topological polar surface area (TPSA) is 60.0 Å². The Morgan fingerprint density at radius 3 is 2.46 bits per heavy atom. The summed E-state index contributed by atoms with van der Waals surface area (Å²) in [7, 11) is 2.09. The number of nitrogens with zero attached hydrogens (tertiary/aromatic N) is 4. The largest absolute Gasteiger partial charge is 0.326 e. The van der Waals surface area contributed by atoms with Gasteiger partial charge in [0, 0.05) is 38.0 Å². The van der Waals surface area contributed by atoms with E-state index in [1.807, 2.05) is 0 Å². The van der Waals surface area contributed by atoms with Gasteiger partial charge in [-0.25, -0.2) is 0 Å². The van der Waals surface area contributed by atoms with Crippen LogP contribution < -0.4 is 5.73 Å². The van der Waals surface area contributed by atoms with Gasteiger partial charge in [-0.3, -0.25) is 4.90 Å². The minimum absolute atomic E-state index is 0. The van der Waals surface area contributed by atoms with Crippen LogP contribution in [0.2, 0.25) is 0 Å². The maximum absolute atomic E-state index is 6.37. The minimum atomic E-state index is 0. The van der Waals surface area contributed by atoms with Crippen molar-refractivity contribution in [3.63, 3.8) is 0 Å². The van der Waals surface area contributed by atoms with Crippen molar-refractivity contribution < 1.29 is 0 Å². The summed E-state index contributed by atoms with van der Waals surface area (Å²) in [5, 5.41) is 8.76. The highest BCUT2D eigenvalue weighted by Gasteiger charge is 2.33. The second kappa shape index (κ2) is 7.83. The number of likely N-dealkylation sites (tertiary alicyclic amines) is 1. The zero-order chi connectivity index (χ0) is 15.1. The molecule has 2 atom stereocenters. The lowest BCUT2D eigenvalue weighted by molar-refractivity contribution is 0.311. The van der Waals surface area contributed by atoms with E-state index in [2.05, 4.69) is 57.0 Å². The molecule has 1 aromatic carbocycles. The van der Waals surface area contributed by atoms with Crippen molar-refractivity contribution >= 4 is 24.8 Å². The third-order valence-corrected chi connectivity index (χ3v) is 4.97. The number of aromatic nitrogens is 3. The molecule has 0 spiro atoms. The van der Waals surface area contributed by atoms with E-state index in [9.17, 15) is 0 Å². The quantitative estimate of drug-likeness (QED) is 0.898. The first-order chi connectivity index (χ1) is 10.7. The van der Waals surface area contributed by atoms with Crippen LogP contribution in [-0.4, -0.2) is 38.8 Å². The normalized spacial score (nSPS) is 23.6. The Morgan fingerprint density at radius 1 is 1.08 bits per heavy atom. The second-order valence-electron chi connectivity index (χ2n) is 6.68. The molecule has 7 heteroatoms. The molecule has 1 aliphatic heterocycles. The molecule has 132 valence electrons. The maximum atomic E-state index is 6.37. The number of rotatable bonds is 4. The average Bonchev–Trinajstić information content (AvgIpc) is 3.22. The van der Waals surface area contributed by atoms with E-state index in [1.54, 1.807) is 0 Å². The van der Waals surface area contributed by atoms with Crippen molar-refractivity contribution in [1.29, 1.82) is 0 Å². The van der Waals surface area contributed by atoms with E-state index >= 15 is 0 Å². The Labute approximate surface area is 155 Å². The van der Waals surface area contributed by atoms with Crippen molar-refractivity contribution in [2.75, 3.05) is 13.1 Å². The third kappa shape index (κ3) is 3.75. The molecule has 1 saturated heterocycles. The van der Waals surface area contributed by atoms with Gasteiger partial charge < -0.3 is 10.3 Å². The molecule has 1 saturated carbocycles. The smallest absolute Gasteiger partial charge is 0.146 e. The van der Waals surface area contributed by atoms with Gasteiger partial charge in [0.1, 0.15) is 11.6 Å². The van der Waals surface area contributed by atoms with Crippen LogP contribution in [0.15, 0.2) is 30.3 Å². The van der Waals surface area contributed by atoms with Crippen molar-refractivity contribution in [1.82, 2.24) is 19.7 Å². The molecule has 24 heavy (non-hydrogen) atoms. The second-order valence-corrected chi connectivity index (χ2v) is 6.68. The summed E-state index contributed by atoms with van der Waals surface area (Å²) in [6, 6.07) is 10.8. The van der Waals surface area contributed by atoms with Crippen molar-refractivity contribution in [2.45, 2.75) is 37.3 Å². The molecule has 2 aromatic rings. The summed E-state index contributed by atoms with van der Waals surface area (Å²) in [5.74, 6) is 3.27. The van der Waals surface area contributed by atoms with Crippen LogP contribution in [0.3, 0.4) is 0 Å². The van der Waals surface area contributed by atoms with Gasteiger partial charge in [-0.15, -0.1) is 35.0 Å². The van der Waals surface area contributed by atoms with Crippen LogP contribution in [-0.2, 0) is 13.6 Å². The molecule has 2 N–H and O–H groups in total. The third-order valence-electron chi connectivity index (χ3n) is 4.97. The predicted molar refractivity (Wildman–Crippen MR) is 99.9 cm³/mol. The number of halogens is 2. The van der Waals surface area contributed by atoms with E-state index in [4.69, 9.17) is 5.73 Å². The molecule has 2 heterocycles. The fraction of sp³-hybridized carbons (Fsp3) is 0.529. The Balaban J connectivity index is 0.00000104. The molecule has 1 aliphatic carbocycles. The summed E-state index contributed by atoms with van der Waals surface area (Å²) in [4.78, 5) is 2.41. The lowest BCUT2D eigenvalue weighted by Crippen LogP contribution is -2.29. The van der Waals surface area contributed by atoms with Gasteiger partial charge in [-0.05, 0) is 18.4 Å². The maximum Gasteiger partial charge on any atom is 0.146 e. The predicted octanol–water partition coefficient (Wildman–Crippen LogP) is 2.46. The zero-order valence-corrected chi connectivity index (χ0v) is 15.5. The van der Waals surface area contributed by atoms with Crippen molar-refractivity contribution in [3.05, 3.63) is 47.5 Å². The molecule has 0 bridgehead atoms. The van der Waals surface area contributed by atoms with Crippen LogP contribution >= 0.6 is 24.8 Å². The Kier molecular flexibility index (Phi) is 6.26. The first-order valence-corrected chi connectivity index (χ1v) is 8.13. The zero-order valence-electron chi connectivity index (χ0n) is 13.8. The molecular weight excluding hydrogens is 345 g/mol. The molecule has 2 fully saturated rings. The molecule has 2 aliphatic rings. The average molecular weight is 370 g/mol. The highest BCUT2D eigenvalue weighted by atomic mass is 35.5. The van der Waals surface area contributed by atoms with Gasteiger partial charge in [0.2, 0.25) is 0 Å². The number of hydrogen-bond donors (Lipinski definition) is 1. The molecular formula is C17H25Cl2N5. The van der Waals surface area contributed by atoms with Crippen molar-refractivity contribution in [3.8, 4) is 0 Å². The van der Waals surface area contributed by atoms with Crippen LogP contribution in [0.1, 0.15) is 41.9 Å². The van der Waals surface area contributed by atoms with E-state index in [0.717, 1.165) is 31.3 Å². The summed E-state index contributed by atoms with van der Waals surface area (Å²) in [6.07, 6.45) is 2.52. The van der Waals surface area contributed by atoms with Gasteiger partial charge in [0.25, 0.3) is 0 Å². The highest BCUT2D eigenvalue weighted by Crippen LogP contribution is 2.39. The lowest BCUT2D eigenvalue weighted by atomic mass is 9.95. The fourth-order valence-electron chi connectivity index (χ4n) is 3.51. The fourth-order valence-corrected chi connectivity index (χ4v) is 3.51. The molecule has 0 radical (unpaired) electrons. The van der Waals surface area contributed by atoms with Gasteiger partial charge in [-0.2, -0.15) is 0 Å². The van der Waals surface area contributed by atoms with Crippen LogP contribution in [0.4, 0.5) is 0 Å². The molecule has 0 amide bonds. The van der Waals surface area contributed by atoms with Crippen LogP contribution in [0.25, 0.3) is 0 Å². The van der Waals surface area contributed by atoms with Gasteiger partial charge >= 0.3 is 0 Å². The first kappa shape index (κ1) is 19.2. The number of hydrogen-bond acceptors (Lipinski definition) is 4. The molecule has 5 nitrogen and oxygen atoms in total. The highest BCUT2D eigenvalue weighted by molar-refractivity contribution is 5.85. The first-order valence-electron chi connectivity index (χ1n) is 8.13.